The first-order chi connectivity index (χ1) is 8.54. The second kappa shape index (κ2) is 5.39. The van der Waals surface area contributed by atoms with Crippen LogP contribution in [-0.4, -0.2) is 48.6 Å². The molecule has 0 aliphatic carbocycles. The number of likely N-dealkylation sites (tertiary alicyclic amines) is 1. The summed E-state index contributed by atoms with van der Waals surface area (Å²) in [6.07, 6.45) is 2.47. The van der Waals surface area contributed by atoms with Crippen LogP contribution >= 0.6 is 0 Å². The SMILES string of the molecule is CN1CCC(CN(C)c2cc(N)nc(N)n2)CC1. The predicted octanol–water partition coefficient (Wildman–Crippen LogP) is 0.419. The molecule has 4 N–H and O–H groups in total. The average molecular weight is 250 g/mol. The summed E-state index contributed by atoms with van der Waals surface area (Å²) in [4.78, 5) is 12.6. The smallest absolute Gasteiger partial charge is 0.223 e. The van der Waals surface area contributed by atoms with Crippen LogP contribution in [0, 0.1) is 5.92 Å². The molecule has 1 saturated heterocycles. The maximum atomic E-state index is 5.68. The summed E-state index contributed by atoms with van der Waals surface area (Å²) in [5.74, 6) is 2.18. The Kier molecular flexibility index (Phi) is 3.86. The van der Waals surface area contributed by atoms with Crippen molar-refractivity contribution in [3.63, 3.8) is 0 Å². The summed E-state index contributed by atoms with van der Waals surface area (Å²) in [6, 6.07) is 1.77. The van der Waals surface area contributed by atoms with Gasteiger partial charge in [0.2, 0.25) is 5.95 Å². The molecule has 1 aromatic heterocycles. The summed E-state index contributed by atoms with van der Waals surface area (Å²) >= 11 is 0. The van der Waals surface area contributed by atoms with Crippen molar-refractivity contribution in [2.24, 2.45) is 5.92 Å². The third kappa shape index (κ3) is 3.22. The topological polar surface area (TPSA) is 84.3 Å². The van der Waals surface area contributed by atoms with E-state index in [2.05, 4.69) is 26.8 Å². The second-order valence-electron chi connectivity index (χ2n) is 5.14. The molecule has 1 aromatic rings. The zero-order valence-corrected chi connectivity index (χ0v) is 11.1. The van der Waals surface area contributed by atoms with Gasteiger partial charge in [0.25, 0.3) is 0 Å². The molecule has 0 spiro atoms. The summed E-state index contributed by atoms with van der Waals surface area (Å²) in [5, 5.41) is 0. The quantitative estimate of drug-likeness (QED) is 0.809. The van der Waals surface area contributed by atoms with Crippen molar-refractivity contribution >= 4 is 17.6 Å². The summed E-state index contributed by atoms with van der Waals surface area (Å²) in [5.41, 5.74) is 11.3. The van der Waals surface area contributed by atoms with Gasteiger partial charge in [0.1, 0.15) is 11.6 Å². The minimum atomic E-state index is 0.236. The summed E-state index contributed by atoms with van der Waals surface area (Å²) in [6.45, 7) is 3.34. The molecular formula is C12H22N6. The summed E-state index contributed by atoms with van der Waals surface area (Å²) < 4.78 is 0. The van der Waals surface area contributed by atoms with Crippen LogP contribution in [0.3, 0.4) is 0 Å². The van der Waals surface area contributed by atoms with Crippen LogP contribution in [-0.2, 0) is 0 Å². The molecule has 2 heterocycles. The molecule has 0 atom stereocenters. The molecule has 100 valence electrons. The van der Waals surface area contributed by atoms with Gasteiger partial charge in [-0.2, -0.15) is 9.97 Å². The van der Waals surface area contributed by atoms with Crippen molar-refractivity contribution in [1.29, 1.82) is 0 Å². The molecule has 0 saturated carbocycles. The minimum absolute atomic E-state index is 0.236. The fourth-order valence-electron chi connectivity index (χ4n) is 2.39. The number of hydrogen-bond donors (Lipinski definition) is 2. The van der Waals surface area contributed by atoms with Gasteiger partial charge in [0.15, 0.2) is 0 Å². The lowest BCUT2D eigenvalue weighted by molar-refractivity contribution is 0.222. The van der Waals surface area contributed by atoms with E-state index in [1.807, 2.05) is 7.05 Å². The van der Waals surface area contributed by atoms with E-state index in [0.29, 0.717) is 11.7 Å². The first kappa shape index (κ1) is 12.9. The molecule has 6 heteroatoms. The van der Waals surface area contributed by atoms with Gasteiger partial charge in [-0.05, 0) is 38.9 Å². The lowest BCUT2D eigenvalue weighted by Gasteiger charge is -2.32. The van der Waals surface area contributed by atoms with Crippen molar-refractivity contribution in [3.8, 4) is 0 Å². The number of nitrogen functional groups attached to an aromatic ring is 2. The standard InChI is InChI=1S/C12H22N6/c1-17-5-3-9(4-6-17)8-18(2)11-7-10(13)15-12(14)16-11/h7,9H,3-6,8H2,1-2H3,(H4,13,14,15,16). The molecule has 6 nitrogen and oxygen atoms in total. The number of nitrogens with two attached hydrogens (primary N) is 2. The van der Waals surface area contributed by atoms with E-state index in [9.17, 15) is 0 Å². The molecule has 18 heavy (non-hydrogen) atoms. The Bertz CT molecular complexity index is 379. The molecule has 0 unspecified atom stereocenters. The number of aromatic nitrogens is 2. The van der Waals surface area contributed by atoms with E-state index >= 15 is 0 Å². The third-order valence-electron chi connectivity index (χ3n) is 3.51. The lowest BCUT2D eigenvalue weighted by Crippen LogP contribution is -2.36. The largest absolute Gasteiger partial charge is 0.383 e. The Hall–Kier alpha value is -1.56. The normalized spacial score (nSPS) is 17.9. The van der Waals surface area contributed by atoms with Gasteiger partial charge in [-0.15, -0.1) is 0 Å². The minimum Gasteiger partial charge on any atom is -0.383 e. The molecule has 0 aromatic carbocycles. The second-order valence-corrected chi connectivity index (χ2v) is 5.14. The Labute approximate surface area is 108 Å². The zero-order valence-electron chi connectivity index (χ0n) is 11.1. The Morgan fingerprint density at radius 3 is 2.61 bits per heavy atom. The van der Waals surface area contributed by atoms with Crippen molar-refractivity contribution in [2.45, 2.75) is 12.8 Å². The fourth-order valence-corrected chi connectivity index (χ4v) is 2.39. The molecule has 2 rings (SSSR count). The Morgan fingerprint density at radius 1 is 1.33 bits per heavy atom. The highest BCUT2D eigenvalue weighted by Gasteiger charge is 2.19. The van der Waals surface area contributed by atoms with Crippen molar-refractivity contribution in [3.05, 3.63) is 6.07 Å². The first-order valence-electron chi connectivity index (χ1n) is 6.34. The van der Waals surface area contributed by atoms with Gasteiger partial charge in [0, 0.05) is 19.7 Å². The van der Waals surface area contributed by atoms with Crippen LogP contribution in [0.5, 0.6) is 0 Å². The maximum Gasteiger partial charge on any atom is 0.223 e. The van der Waals surface area contributed by atoms with Crippen molar-refractivity contribution in [2.75, 3.05) is 50.1 Å². The molecule has 1 aliphatic heterocycles. The van der Waals surface area contributed by atoms with E-state index in [0.717, 1.165) is 12.4 Å². The van der Waals surface area contributed by atoms with E-state index < -0.39 is 0 Å². The van der Waals surface area contributed by atoms with Gasteiger partial charge in [-0.1, -0.05) is 0 Å². The number of rotatable bonds is 3. The van der Waals surface area contributed by atoms with Gasteiger partial charge >= 0.3 is 0 Å². The number of hydrogen-bond acceptors (Lipinski definition) is 6. The van der Waals surface area contributed by atoms with Gasteiger partial charge in [-0.3, -0.25) is 0 Å². The van der Waals surface area contributed by atoms with Crippen LogP contribution in [0.1, 0.15) is 12.8 Å². The van der Waals surface area contributed by atoms with E-state index in [4.69, 9.17) is 11.5 Å². The molecule has 0 bridgehead atoms. The van der Waals surface area contributed by atoms with Gasteiger partial charge in [0.05, 0.1) is 0 Å². The number of nitrogens with zero attached hydrogens (tertiary/aromatic N) is 4. The van der Waals surface area contributed by atoms with Crippen LogP contribution < -0.4 is 16.4 Å². The van der Waals surface area contributed by atoms with Crippen molar-refractivity contribution < 1.29 is 0 Å². The molecular weight excluding hydrogens is 228 g/mol. The highest BCUT2D eigenvalue weighted by molar-refractivity contribution is 5.49. The maximum absolute atomic E-state index is 5.68. The summed E-state index contributed by atoms with van der Waals surface area (Å²) in [7, 11) is 4.20. The average Bonchev–Trinajstić information content (AvgIpc) is 2.31. The highest BCUT2D eigenvalue weighted by Crippen LogP contribution is 2.20. The van der Waals surface area contributed by atoms with Crippen LogP contribution in [0.25, 0.3) is 0 Å². The van der Waals surface area contributed by atoms with Gasteiger partial charge in [-0.25, -0.2) is 0 Å². The first-order valence-corrected chi connectivity index (χ1v) is 6.34. The number of anilines is 3. The van der Waals surface area contributed by atoms with Gasteiger partial charge < -0.3 is 21.3 Å². The zero-order chi connectivity index (χ0) is 13.1. The van der Waals surface area contributed by atoms with E-state index in [-0.39, 0.29) is 5.95 Å². The van der Waals surface area contributed by atoms with Crippen molar-refractivity contribution in [1.82, 2.24) is 14.9 Å². The molecule has 0 radical (unpaired) electrons. The molecule has 0 amide bonds. The van der Waals surface area contributed by atoms with E-state index in [1.165, 1.54) is 25.9 Å². The number of piperidine rings is 1. The van der Waals surface area contributed by atoms with Crippen LogP contribution in [0.15, 0.2) is 6.07 Å². The fraction of sp³-hybridized carbons (Fsp3) is 0.667. The van der Waals surface area contributed by atoms with Crippen LogP contribution in [0.4, 0.5) is 17.6 Å². The lowest BCUT2D eigenvalue weighted by atomic mass is 9.97. The monoisotopic (exact) mass is 250 g/mol. The van der Waals surface area contributed by atoms with Crippen LogP contribution in [0.2, 0.25) is 0 Å². The predicted molar refractivity (Wildman–Crippen MR) is 74.3 cm³/mol. The molecule has 1 aliphatic rings. The Balaban J connectivity index is 1.96. The Morgan fingerprint density at radius 2 is 2.00 bits per heavy atom. The third-order valence-corrected chi connectivity index (χ3v) is 3.51. The molecule has 1 fully saturated rings. The van der Waals surface area contributed by atoms with E-state index in [1.54, 1.807) is 6.07 Å². The highest BCUT2D eigenvalue weighted by atomic mass is 15.2.